The fraction of sp³-hybridized carbons (Fsp3) is 0.600. The molecule has 1 rings (SSSR count). The van der Waals surface area contributed by atoms with Gasteiger partial charge >= 0.3 is 11.8 Å². The smallest absolute Gasteiger partial charge is 0.407 e. The van der Waals surface area contributed by atoms with Crippen LogP contribution in [0, 0.1) is 0 Å². The second-order valence-corrected chi connectivity index (χ2v) is 7.03. The lowest BCUT2D eigenvalue weighted by molar-refractivity contribution is -0.123. The summed E-state index contributed by atoms with van der Waals surface area (Å²) in [5.74, 6) is -0.430. The maximum Gasteiger partial charge on any atom is 0.407 e. The van der Waals surface area contributed by atoms with Crippen LogP contribution in [0.5, 0.6) is 0 Å². The molecule has 0 saturated heterocycles. The van der Waals surface area contributed by atoms with Crippen LogP contribution in [0.2, 0.25) is 0 Å². The van der Waals surface area contributed by atoms with E-state index in [0.717, 1.165) is 10.6 Å². The zero-order valence-corrected chi connectivity index (χ0v) is 14.6. The second-order valence-electron chi connectivity index (χ2n) is 7.03. The van der Waals surface area contributed by atoms with E-state index in [1.165, 1.54) is 6.20 Å². The van der Waals surface area contributed by atoms with Crippen LogP contribution in [0.3, 0.4) is 0 Å². The maximum atomic E-state index is 12.0. The third-order valence-electron chi connectivity index (χ3n) is 2.76. The number of amides is 2. The van der Waals surface area contributed by atoms with Gasteiger partial charge in [-0.2, -0.15) is 0 Å². The van der Waals surface area contributed by atoms with Gasteiger partial charge in [-0.25, -0.2) is 9.59 Å². The number of nitrogens with one attached hydrogen (secondary N) is 3. The molecule has 0 radical (unpaired) electrons. The standard InChI is InChI=1S/C15H24N4O5/c1-14(2,3)24-13(23)16-9-15(4,5)18-11(21)8-19-7-6-10(20)17-12(19)22/h6-7H,8-9H2,1-5H3,(H,16,23)(H,18,21)(H,17,20,22). The molecule has 0 bridgehead atoms. The highest BCUT2D eigenvalue weighted by atomic mass is 16.6. The van der Waals surface area contributed by atoms with E-state index in [9.17, 15) is 19.2 Å². The summed E-state index contributed by atoms with van der Waals surface area (Å²) in [7, 11) is 0. The molecule has 134 valence electrons. The third kappa shape index (κ3) is 7.12. The molecule has 1 aromatic heterocycles. The van der Waals surface area contributed by atoms with Gasteiger partial charge in [0.1, 0.15) is 12.1 Å². The van der Waals surface area contributed by atoms with Crippen molar-refractivity contribution >= 4 is 12.0 Å². The monoisotopic (exact) mass is 340 g/mol. The van der Waals surface area contributed by atoms with Gasteiger partial charge in [-0.05, 0) is 34.6 Å². The van der Waals surface area contributed by atoms with Gasteiger partial charge in [0.2, 0.25) is 5.91 Å². The molecule has 0 aliphatic heterocycles. The molecule has 0 aromatic carbocycles. The second kappa shape index (κ2) is 7.33. The summed E-state index contributed by atoms with van der Waals surface area (Å²) < 4.78 is 6.20. The molecule has 0 aliphatic carbocycles. The Hall–Kier alpha value is -2.58. The minimum Gasteiger partial charge on any atom is -0.444 e. The Labute approximate surface area is 139 Å². The molecule has 24 heavy (non-hydrogen) atoms. The highest BCUT2D eigenvalue weighted by molar-refractivity contribution is 5.76. The lowest BCUT2D eigenvalue weighted by atomic mass is 10.1. The van der Waals surface area contributed by atoms with E-state index in [1.807, 2.05) is 0 Å². The zero-order valence-electron chi connectivity index (χ0n) is 14.6. The van der Waals surface area contributed by atoms with Crippen molar-refractivity contribution in [3.8, 4) is 0 Å². The number of rotatable bonds is 5. The lowest BCUT2D eigenvalue weighted by Crippen LogP contribution is -2.53. The van der Waals surface area contributed by atoms with Crippen LogP contribution < -0.4 is 21.9 Å². The van der Waals surface area contributed by atoms with Crippen molar-refractivity contribution < 1.29 is 14.3 Å². The van der Waals surface area contributed by atoms with Gasteiger partial charge in [0, 0.05) is 18.8 Å². The van der Waals surface area contributed by atoms with Gasteiger partial charge in [0.25, 0.3) is 5.56 Å². The minimum absolute atomic E-state index is 0.147. The molecule has 0 fully saturated rings. The fourth-order valence-electron chi connectivity index (χ4n) is 1.79. The van der Waals surface area contributed by atoms with Gasteiger partial charge in [0.15, 0.2) is 0 Å². The van der Waals surface area contributed by atoms with E-state index in [2.05, 4.69) is 15.6 Å². The SMILES string of the molecule is CC(C)(CNC(=O)OC(C)(C)C)NC(=O)Cn1ccc(=O)[nH]c1=O. The first-order chi connectivity index (χ1) is 10.9. The number of H-pyrrole nitrogens is 1. The summed E-state index contributed by atoms with van der Waals surface area (Å²) in [6.45, 7) is 8.60. The first kappa shape index (κ1) is 19.5. The highest BCUT2D eigenvalue weighted by Crippen LogP contribution is 2.07. The van der Waals surface area contributed by atoms with Gasteiger partial charge in [-0.15, -0.1) is 0 Å². The molecule has 0 atom stereocenters. The van der Waals surface area contributed by atoms with Crippen molar-refractivity contribution in [2.75, 3.05) is 6.54 Å². The highest BCUT2D eigenvalue weighted by Gasteiger charge is 2.23. The molecule has 0 unspecified atom stereocenters. The van der Waals surface area contributed by atoms with Crippen LogP contribution in [0.4, 0.5) is 4.79 Å². The third-order valence-corrected chi connectivity index (χ3v) is 2.76. The van der Waals surface area contributed by atoms with Crippen LogP contribution >= 0.6 is 0 Å². The number of hydrogen-bond donors (Lipinski definition) is 3. The van der Waals surface area contributed by atoms with E-state index in [0.29, 0.717) is 0 Å². The average Bonchev–Trinajstić information content (AvgIpc) is 2.37. The fourth-order valence-corrected chi connectivity index (χ4v) is 1.79. The Morgan fingerprint density at radius 1 is 1.21 bits per heavy atom. The van der Waals surface area contributed by atoms with Crippen molar-refractivity contribution in [2.45, 2.75) is 52.3 Å². The first-order valence-electron chi connectivity index (χ1n) is 7.46. The number of carbonyl (C=O) groups is 2. The van der Waals surface area contributed by atoms with Crippen molar-refractivity contribution in [1.82, 2.24) is 20.2 Å². The number of hydrogen-bond acceptors (Lipinski definition) is 5. The van der Waals surface area contributed by atoms with Crippen LogP contribution in [0.25, 0.3) is 0 Å². The zero-order chi connectivity index (χ0) is 18.5. The van der Waals surface area contributed by atoms with Crippen molar-refractivity contribution in [3.05, 3.63) is 33.1 Å². The predicted octanol–water partition coefficient (Wildman–Crippen LogP) is -0.0439. The molecule has 3 N–H and O–H groups in total. The summed E-state index contributed by atoms with van der Waals surface area (Å²) in [6.07, 6.45) is 0.661. The van der Waals surface area contributed by atoms with E-state index in [1.54, 1.807) is 34.6 Å². The van der Waals surface area contributed by atoms with Crippen LogP contribution in [-0.4, -0.2) is 39.2 Å². The number of carbonyl (C=O) groups excluding carboxylic acids is 2. The lowest BCUT2D eigenvalue weighted by Gasteiger charge is -2.28. The number of aromatic nitrogens is 2. The molecular weight excluding hydrogens is 316 g/mol. The Morgan fingerprint density at radius 3 is 2.38 bits per heavy atom. The molecule has 2 amide bonds. The van der Waals surface area contributed by atoms with E-state index in [-0.39, 0.29) is 13.1 Å². The normalized spacial score (nSPS) is 11.7. The summed E-state index contributed by atoms with van der Waals surface area (Å²) in [6, 6.07) is 1.16. The first-order valence-corrected chi connectivity index (χ1v) is 7.46. The molecule has 0 spiro atoms. The predicted molar refractivity (Wildman–Crippen MR) is 87.8 cm³/mol. The van der Waals surface area contributed by atoms with Crippen LogP contribution in [-0.2, 0) is 16.1 Å². The molecule has 1 heterocycles. The largest absolute Gasteiger partial charge is 0.444 e. The summed E-state index contributed by atoms with van der Waals surface area (Å²) >= 11 is 0. The van der Waals surface area contributed by atoms with E-state index < -0.39 is 34.4 Å². The van der Waals surface area contributed by atoms with E-state index >= 15 is 0 Å². The molecular formula is C15H24N4O5. The van der Waals surface area contributed by atoms with Crippen LogP contribution in [0.1, 0.15) is 34.6 Å². The van der Waals surface area contributed by atoms with Crippen molar-refractivity contribution in [2.24, 2.45) is 0 Å². The number of aromatic amines is 1. The summed E-state index contributed by atoms with van der Waals surface area (Å²) in [5.41, 5.74) is -2.55. The summed E-state index contributed by atoms with van der Waals surface area (Å²) in [4.78, 5) is 48.3. The molecule has 9 nitrogen and oxygen atoms in total. The number of alkyl carbamates (subject to hydrolysis) is 1. The minimum atomic E-state index is -0.750. The summed E-state index contributed by atoms with van der Waals surface area (Å²) in [5, 5.41) is 5.28. The Balaban J connectivity index is 2.56. The quantitative estimate of drug-likeness (QED) is 0.694. The number of nitrogens with zero attached hydrogens (tertiary/aromatic N) is 1. The van der Waals surface area contributed by atoms with Crippen molar-refractivity contribution in [1.29, 1.82) is 0 Å². The van der Waals surface area contributed by atoms with Gasteiger partial charge in [-0.3, -0.25) is 19.1 Å². The number of ether oxygens (including phenoxy) is 1. The van der Waals surface area contributed by atoms with Gasteiger partial charge < -0.3 is 15.4 Å². The molecule has 0 aliphatic rings. The Kier molecular flexibility index (Phi) is 5.94. The van der Waals surface area contributed by atoms with Gasteiger partial charge in [0.05, 0.1) is 5.54 Å². The van der Waals surface area contributed by atoms with Crippen LogP contribution in [0.15, 0.2) is 21.9 Å². The topological polar surface area (TPSA) is 122 Å². The van der Waals surface area contributed by atoms with E-state index in [4.69, 9.17) is 4.74 Å². The molecule has 9 heteroatoms. The average molecular weight is 340 g/mol. The Morgan fingerprint density at radius 2 is 1.83 bits per heavy atom. The maximum absolute atomic E-state index is 12.0. The Bertz CT molecular complexity index is 712. The van der Waals surface area contributed by atoms with Crippen molar-refractivity contribution in [3.63, 3.8) is 0 Å². The molecule has 0 saturated carbocycles. The molecule has 1 aromatic rings. The van der Waals surface area contributed by atoms with Gasteiger partial charge in [-0.1, -0.05) is 0 Å².